The number of hydrogen-bond acceptors (Lipinski definition) is 1. The SMILES string of the molecule is CC(c1cccs1)C(c1ccccc1)(c1ccccc1)c1ccccc1. The molecule has 0 nitrogen and oxygen atoms in total. The van der Waals surface area contributed by atoms with E-state index in [0.29, 0.717) is 5.92 Å². The zero-order valence-electron chi connectivity index (χ0n) is 14.9. The van der Waals surface area contributed by atoms with Crippen LogP contribution < -0.4 is 0 Å². The molecule has 0 bridgehead atoms. The van der Waals surface area contributed by atoms with Crippen LogP contribution in [0.3, 0.4) is 0 Å². The van der Waals surface area contributed by atoms with Gasteiger partial charge >= 0.3 is 0 Å². The summed E-state index contributed by atoms with van der Waals surface area (Å²) in [6, 6.07) is 37.2. The molecular weight excluding hydrogens is 332 g/mol. The highest BCUT2D eigenvalue weighted by Crippen LogP contribution is 2.50. The van der Waals surface area contributed by atoms with Crippen molar-refractivity contribution in [3.63, 3.8) is 0 Å². The number of thiophene rings is 1. The lowest BCUT2D eigenvalue weighted by atomic mass is 9.62. The number of hydrogen-bond donors (Lipinski definition) is 0. The molecule has 0 saturated carbocycles. The fourth-order valence-corrected chi connectivity index (χ4v) is 4.96. The van der Waals surface area contributed by atoms with Crippen molar-refractivity contribution < 1.29 is 0 Å². The van der Waals surface area contributed by atoms with Crippen molar-refractivity contribution in [3.05, 3.63) is 130 Å². The van der Waals surface area contributed by atoms with Crippen LogP contribution in [0.1, 0.15) is 34.4 Å². The molecule has 0 aliphatic heterocycles. The van der Waals surface area contributed by atoms with E-state index in [1.807, 2.05) is 11.3 Å². The highest BCUT2D eigenvalue weighted by atomic mass is 32.1. The summed E-state index contributed by atoms with van der Waals surface area (Å²) in [5.74, 6) is 0.315. The van der Waals surface area contributed by atoms with Gasteiger partial charge in [-0.05, 0) is 28.1 Å². The summed E-state index contributed by atoms with van der Waals surface area (Å²) in [4.78, 5) is 1.40. The van der Waals surface area contributed by atoms with Crippen LogP contribution in [-0.2, 0) is 5.41 Å². The molecule has 0 fully saturated rings. The van der Waals surface area contributed by atoms with Crippen LogP contribution in [0, 0.1) is 0 Å². The first kappa shape index (κ1) is 16.8. The fraction of sp³-hybridized carbons (Fsp3) is 0.120. The Morgan fingerprint density at radius 1 is 0.577 bits per heavy atom. The third-order valence-electron chi connectivity index (χ3n) is 5.31. The Morgan fingerprint density at radius 3 is 1.35 bits per heavy atom. The summed E-state index contributed by atoms with van der Waals surface area (Å²) in [7, 11) is 0. The van der Waals surface area contributed by atoms with E-state index in [2.05, 4.69) is 115 Å². The lowest BCUT2D eigenvalue weighted by Crippen LogP contribution is -2.35. The smallest absolute Gasteiger partial charge is 0.0524 e. The second-order valence-corrected chi connectivity index (χ2v) is 7.62. The molecule has 0 amide bonds. The second-order valence-electron chi connectivity index (χ2n) is 6.64. The van der Waals surface area contributed by atoms with Crippen LogP contribution in [0.2, 0.25) is 0 Å². The van der Waals surface area contributed by atoms with Gasteiger partial charge in [-0.3, -0.25) is 0 Å². The van der Waals surface area contributed by atoms with Crippen LogP contribution in [0.4, 0.5) is 0 Å². The van der Waals surface area contributed by atoms with E-state index >= 15 is 0 Å². The standard InChI is InChI=1S/C25H22S/c1-20(24-18-11-19-26-24)25(21-12-5-2-6-13-21,22-14-7-3-8-15-22)23-16-9-4-10-17-23/h2-20H,1H3. The first-order chi connectivity index (χ1) is 12.8. The van der Waals surface area contributed by atoms with Crippen LogP contribution in [0.25, 0.3) is 0 Å². The third-order valence-corrected chi connectivity index (χ3v) is 6.36. The highest BCUT2D eigenvalue weighted by Gasteiger charge is 2.42. The van der Waals surface area contributed by atoms with E-state index in [-0.39, 0.29) is 5.41 Å². The van der Waals surface area contributed by atoms with Gasteiger partial charge in [0.2, 0.25) is 0 Å². The van der Waals surface area contributed by atoms with E-state index in [1.165, 1.54) is 21.6 Å². The minimum atomic E-state index is -0.228. The Balaban J connectivity index is 2.07. The zero-order chi connectivity index (χ0) is 17.8. The molecule has 1 aromatic heterocycles. The maximum atomic E-state index is 2.36. The average Bonchev–Trinajstić information content (AvgIpc) is 3.26. The molecule has 128 valence electrons. The summed E-state index contributed by atoms with van der Waals surface area (Å²) in [6.45, 7) is 2.36. The molecular formula is C25H22S. The van der Waals surface area contributed by atoms with Crippen molar-refractivity contribution >= 4 is 11.3 Å². The van der Waals surface area contributed by atoms with Gasteiger partial charge < -0.3 is 0 Å². The predicted octanol–water partition coefficient (Wildman–Crippen LogP) is 6.89. The van der Waals surface area contributed by atoms with Gasteiger partial charge in [0, 0.05) is 10.8 Å². The van der Waals surface area contributed by atoms with Crippen molar-refractivity contribution in [1.29, 1.82) is 0 Å². The average molecular weight is 355 g/mol. The Hall–Kier alpha value is -2.64. The van der Waals surface area contributed by atoms with Gasteiger partial charge in [0.15, 0.2) is 0 Å². The van der Waals surface area contributed by atoms with Crippen molar-refractivity contribution in [3.8, 4) is 0 Å². The molecule has 0 N–H and O–H groups in total. The first-order valence-electron chi connectivity index (χ1n) is 9.03. The van der Waals surface area contributed by atoms with Crippen molar-refractivity contribution in [2.24, 2.45) is 0 Å². The zero-order valence-corrected chi connectivity index (χ0v) is 15.7. The molecule has 3 aromatic carbocycles. The van der Waals surface area contributed by atoms with Gasteiger partial charge in [-0.1, -0.05) is 104 Å². The molecule has 1 unspecified atom stereocenters. The van der Waals surface area contributed by atoms with Gasteiger partial charge in [-0.25, -0.2) is 0 Å². The maximum Gasteiger partial charge on any atom is 0.0524 e. The van der Waals surface area contributed by atoms with Gasteiger partial charge in [0.1, 0.15) is 0 Å². The predicted molar refractivity (Wildman–Crippen MR) is 112 cm³/mol. The number of benzene rings is 3. The van der Waals surface area contributed by atoms with Gasteiger partial charge in [-0.2, -0.15) is 0 Å². The molecule has 0 aliphatic carbocycles. The summed E-state index contributed by atoms with van der Waals surface area (Å²) in [6.07, 6.45) is 0. The number of rotatable bonds is 5. The molecule has 0 aliphatic rings. The lowest BCUT2D eigenvalue weighted by Gasteiger charge is -2.41. The molecule has 0 saturated heterocycles. The van der Waals surface area contributed by atoms with Gasteiger partial charge in [-0.15, -0.1) is 11.3 Å². The van der Waals surface area contributed by atoms with Crippen molar-refractivity contribution in [2.75, 3.05) is 0 Å². The maximum absolute atomic E-state index is 2.36. The van der Waals surface area contributed by atoms with E-state index in [1.54, 1.807) is 0 Å². The summed E-state index contributed by atoms with van der Waals surface area (Å²) in [5.41, 5.74) is 3.77. The minimum absolute atomic E-state index is 0.228. The molecule has 0 radical (unpaired) electrons. The van der Waals surface area contributed by atoms with E-state index in [9.17, 15) is 0 Å². The Kier molecular flexibility index (Phi) is 4.73. The summed E-state index contributed by atoms with van der Waals surface area (Å²) in [5, 5.41) is 2.18. The monoisotopic (exact) mass is 354 g/mol. The Bertz CT molecular complexity index is 829. The molecule has 1 atom stereocenters. The van der Waals surface area contributed by atoms with Crippen LogP contribution in [0.15, 0.2) is 109 Å². The van der Waals surface area contributed by atoms with Crippen LogP contribution in [-0.4, -0.2) is 0 Å². The topological polar surface area (TPSA) is 0 Å². The van der Waals surface area contributed by atoms with E-state index in [4.69, 9.17) is 0 Å². The van der Waals surface area contributed by atoms with Crippen molar-refractivity contribution in [1.82, 2.24) is 0 Å². The Labute approximate surface area is 159 Å². The molecule has 0 spiro atoms. The van der Waals surface area contributed by atoms with Crippen LogP contribution in [0.5, 0.6) is 0 Å². The summed E-state index contributed by atoms with van der Waals surface area (Å²) < 4.78 is 0. The normalized spacial score (nSPS) is 12.7. The second kappa shape index (κ2) is 7.31. The molecule has 4 rings (SSSR count). The lowest BCUT2D eigenvalue weighted by molar-refractivity contribution is 0.517. The van der Waals surface area contributed by atoms with E-state index in [0.717, 1.165) is 0 Å². The summed E-state index contributed by atoms with van der Waals surface area (Å²) >= 11 is 1.84. The first-order valence-corrected chi connectivity index (χ1v) is 9.91. The molecule has 4 aromatic rings. The van der Waals surface area contributed by atoms with E-state index < -0.39 is 0 Å². The molecule has 1 heteroatoms. The quantitative estimate of drug-likeness (QED) is 0.342. The van der Waals surface area contributed by atoms with Crippen molar-refractivity contribution in [2.45, 2.75) is 18.3 Å². The molecule has 26 heavy (non-hydrogen) atoms. The largest absolute Gasteiger partial charge is 0.149 e. The molecule has 1 heterocycles. The Morgan fingerprint density at radius 2 is 1.00 bits per heavy atom. The van der Waals surface area contributed by atoms with Crippen LogP contribution >= 0.6 is 11.3 Å². The third kappa shape index (κ3) is 2.79. The van der Waals surface area contributed by atoms with Gasteiger partial charge in [0.25, 0.3) is 0 Å². The fourth-order valence-electron chi connectivity index (χ4n) is 4.10. The minimum Gasteiger partial charge on any atom is -0.149 e. The van der Waals surface area contributed by atoms with Gasteiger partial charge in [0.05, 0.1) is 5.41 Å². The highest BCUT2D eigenvalue weighted by molar-refractivity contribution is 7.10.